The molecule has 6 nitrogen and oxygen atoms in total. The minimum Gasteiger partial charge on any atom is -0.463 e. The highest BCUT2D eigenvalue weighted by Gasteiger charge is 2.38. The van der Waals surface area contributed by atoms with Crippen molar-refractivity contribution < 1.29 is 9.53 Å². The number of aromatic nitrogens is 1. The largest absolute Gasteiger partial charge is 0.463 e. The van der Waals surface area contributed by atoms with Gasteiger partial charge in [0.1, 0.15) is 11.8 Å². The summed E-state index contributed by atoms with van der Waals surface area (Å²) < 4.78 is 5.10. The van der Waals surface area contributed by atoms with Crippen LogP contribution in [-0.2, 0) is 9.53 Å². The Morgan fingerprint density at radius 1 is 1.48 bits per heavy atom. The van der Waals surface area contributed by atoms with Crippen LogP contribution in [0, 0.1) is 17.2 Å². The predicted molar refractivity (Wildman–Crippen MR) is 77.0 cm³/mol. The molecule has 0 aliphatic carbocycles. The van der Waals surface area contributed by atoms with Gasteiger partial charge >= 0.3 is 5.97 Å². The zero-order chi connectivity index (χ0) is 15.4. The molecule has 1 aliphatic heterocycles. The lowest BCUT2D eigenvalue weighted by Crippen LogP contribution is -2.35. The van der Waals surface area contributed by atoms with Crippen molar-refractivity contribution in [1.29, 1.82) is 5.26 Å². The van der Waals surface area contributed by atoms with Gasteiger partial charge in [-0.05, 0) is 31.5 Å². The molecule has 1 aromatic rings. The number of hydrogen-bond acceptors (Lipinski definition) is 6. The molecule has 2 rings (SSSR count). The first kappa shape index (κ1) is 14.7. The van der Waals surface area contributed by atoms with Gasteiger partial charge in [-0.2, -0.15) is 5.26 Å². The molecule has 0 saturated carbocycles. The molecule has 0 bridgehead atoms. The van der Waals surface area contributed by atoms with Gasteiger partial charge in [0.15, 0.2) is 0 Å². The summed E-state index contributed by atoms with van der Waals surface area (Å²) in [5.74, 6) is -1.44. The van der Waals surface area contributed by atoms with Gasteiger partial charge in [-0.1, -0.05) is 0 Å². The fourth-order valence-corrected chi connectivity index (χ4v) is 2.44. The molecule has 6 heteroatoms. The molecule has 0 amide bonds. The molecule has 2 heterocycles. The molecule has 108 valence electrons. The van der Waals surface area contributed by atoms with E-state index in [-0.39, 0.29) is 12.4 Å². The zero-order valence-corrected chi connectivity index (χ0v) is 11.9. The summed E-state index contributed by atoms with van der Waals surface area (Å²) in [6, 6.07) is 5.66. The van der Waals surface area contributed by atoms with Gasteiger partial charge in [0.05, 0.1) is 23.9 Å². The van der Waals surface area contributed by atoms with Gasteiger partial charge in [0.25, 0.3) is 0 Å². The number of pyridine rings is 1. The summed E-state index contributed by atoms with van der Waals surface area (Å²) in [5.41, 5.74) is 7.52. The average Bonchev–Trinajstić information content (AvgIpc) is 2.47. The van der Waals surface area contributed by atoms with E-state index in [0.29, 0.717) is 11.3 Å². The lowest BCUT2D eigenvalue weighted by Gasteiger charge is -2.28. The Labute approximate surface area is 123 Å². The van der Waals surface area contributed by atoms with E-state index in [1.807, 2.05) is 0 Å². The number of allylic oxidation sites excluding steroid dienone is 1. The van der Waals surface area contributed by atoms with Crippen molar-refractivity contribution in [3.63, 3.8) is 0 Å². The average molecular weight is 284 g/mol. The Kier molecular flexibility index (Phi) is 4.33. The first-order chi connectivity index (χ1) is 10.1. The Bertz CT molecular complexity index is 643. The number of amidine groups is 1. The second-order valence-electron chi connectivity index (χ2n) is 4.62. The molecule has 2 N–H and O–H groups in total. The molecule has 1 aromatic heterocycles. The number of esters is 1. The molecule has 21 heavy (non-hydrogen) atoms. The second kappa shape index (κ2) is 6.18. The highest BCUT2D eigenvalue weighted by molar-refractivity contribution is 5.97. The number of carbonyl (C=O) groups excluding carboxylic acids is 1. The second-order valence-corrected chi connectivity index (χ2v) is 4.62. The predicted octanol–water partition coefficient (Wildman–Crippen LogP) is 1.51. The van der Waals surface area contributed by atoms with Gasteiger partial charge in [-0.3, -0.25) is 4.98 Å². The van der Waals surface area contributed by atoms with E-state index in [0.717, 1.165) is 5.56 Å². The molecule has 0 saturated heterocycles. The molecule has 1 aliphatic rings. The zero-order valence-electron chi connectivity index (χ0n) is 11.9. The summed E-state index contributed by atoms with van der Waals surface area (Å²) >= 11 is 0. The minimum atomic E-state index is -0.699. The van der Waals surface area contributed by atoms with Gasteiger partial charge in [-0.25, -0.2) is 9.79 Å². The topological polar surface area (TPSA) is 101 Å². The lowest BCUT2D eigenvalue weighted by molar-refractivity contribution is -0.139. The van der Waals surface area contributed by atoms with Crippen LogP contribution in [-0.4, -0.2) is 23.4 Å². The van der Waals surface area contributed by atoms with E-state index in [9.17, 15) is 10.1 Å². The van der Waals surface area contributed by atoms with Crippen molar-refractivity contribution in [2.45, 2.75) is 19.8 Å². The van der Waals surface area contributed by atoms with Crippen LogP contribution in [0.3, 0.4) is 0 Å². The fraction of sp³-hybridized carbons (Fsp3) is 0.333. The first-order valence-electron chi connectivity index (χ1n) is 6.61. The number of nitrogens with two attached hydrogens (primary N) is 1. The van der Waals surface area contributed by atoms with Gasteiger partial charge in [0, 0.05) is 18.3 Å². The maximum atomic E-state index is 12.2. The molecule has 2 atom stereocenters. The van der Waals surface area contributed by atoms with Crippen LogP contribution in [0.25, 0.3) is 0 Å². The van der Waals surface area contributed by atoms with Crippen LogP contribution in [0.5, 0.6) is 0 Å². The number of rotatable bonds is 3. The molecule has 0 aromatic carbocycles. The number of aliphatic imine (C=N–C) groups is 1. The smallest absolute Gasteiger partial charge is 0.336 e. The highest BCUT2D eigenvalue weighted by atomic mass is 16.5. The SMILES string of the molecule is CCOC(=O)C1=C(C)N=C(N)C(C#N)[C@H]1c1ccncc1. The molecule has 0 fully saturated rings. The van der Waals surface area contributed by atoms with E-state index >= 15 is 0 Å². The van der Waals surface area contributed by atoms with E-state index < -0.39 is 17.8 Å². The van der Waals surface area contributed by atoms with Gasteiger partial charge < -0.3 is 10.5 Å². The molecular weight excluding hydrogens is 268 g/mol. The van der Waals surface area contributed by atoms with Crippen molar-refractivity contribution in [1.82, 2.24) is 4.98 Å². The summed E-state index contributed by atoms with van der Waals surface area (Å²) in [6.07, 6.45) is 3.23. The molecule has 0 radical (unpaired) electrons. The Morgan fingerprint density at radius 3 is 2.71 bits per heavy atom. The summed E-state index contributed by atoms with van der Waals surface area (Å²) in [4.78, 5) is 20.3. The molecular formula is C15H16N4O2. The van der Waals surface area contributed by atoms with E-state index in [2.05, 4.69) is 16.0 Å². The molecule has 1 unspecified atom stereocenters. The number of ether oxygens (including phenoxy) is 1. The fourth-order valence-electron chi connectivity index (χ4n) is 2.44. The summed E-state index contributed by atoms with van der Waals surface area (Å²) in [7, 11) is 0. The maximum Gasteiger partial charge on any atom is 0.336 e. The lowest BCUT2D eigenvalue weighted by atomic mass is 9.78. The van der Waals surface area contributed by atoms with Crippen LogP contribution >= 0.6 is 0 Å². The third-order valence-corrected chi connectivity index (χ3v) is 3.35. The van der Waals surface area contributed by atoms with Crippen molar-refractivity contribution >= 4 is 11.8 Å². The number of nitrogens with zero attached hydrogens (tertiary/aromatic N) is 3. The monoisotopic (exact) mass is 284 g/mol. The van der Waals surface area contributed by atoms with Crippen molar-refractivity contribution in [2.24, 2.45) is 16.6 Å². The molecule has 0 spiro atoms. The van der Waals surface area contributed by atoms with E-state index in [1.165, 1.54) is 0 Å². The van der Waals surface area contributed by atoms with Crippen LogP contribution < -0.4 is 5.73 Å². The number of hydrogen-bond donors (Lipinski definition) is 1. The Hall–Kier alpha value is -2.68. The van der Waals surface area contributed by atoms with Crippen molar-refractivity contribution in [2.75, 3.05) is 6.61 Å². The normalized spacial score (nSPS) is 21.5. The Balaban J connectivity index is 2.57. The van der Waals surface area contributed by atoms with Crippen LogP contribution in [0.2, 0.25) is 0 Å². The standard InChI is InChI=1S/C15H16N4O2/c1-3-21-15(20)12-9(2)19-14(17)11(8-16)13(12)10-4-6-18-7-5-10/h4-7,11,13H,3H2,1-2H3,(H2,17,19)/t11?,13-/m1/s1. The third kappa shape index (κ3) is 2.77. The minimum absolute atomic E-state index is 0.213. The third-order valence-electron chi connectivity index (χ3n) is 3.35. The number of carbonyl (C=O) groups is 1. The van der Waals surface area contributed by atoms with Gasteiger partial charge in [0.2, 0.25) is 0 Å². The van der Waals surface area contributed by atoms with Crippen LogP contribution in [0.15, 0.2) is 40.8 Å². The summed E-state index contributed by atoms with van der Waals surface area (Å²) in [6.45, 7) is 3.69. The first-order valence-corrected chi connectivity index (χ1v) is 6.61. The maximum absolute atomic E-state index is 12.2. The summed E-state index contributed by atoms with van der Waals surface area (Å²) in [5, 5.41) is 9.41. The van der Waals surface area contributed by atoms with Crippen molar-refractivity contribution in [3.8, 4) is 6.07 Å². The highest BCUT2D eigenvalue weighted by Crippen LogP contribution is 2.37. The van der Waals surface area contributed by atoms with Crippen LogP contribution in [0.1, 0.15) is 25.3 Å². The quantitative estimate of drug-likeness (QED) is 0.848. The van der Waals surface area contributed by atoms with Gasteiger partial charge in [-0.15, -0.1) is 0 Å². The Morgan fingerprint density at radius 2 is 2.14 bits per heavy atom. The van der Waals surface area contributed by atoms with Crippen LogP contribution in [0.4, 0.5) is 0 Å². The number of nitriles is 1. The van der Waals surface area contributed by atoms with E-state index in [4.69, 9.17) is 10.5 Å². The van der Waals surface area contributed by atoms with Crippen molar-refractivity contribution in [3.05, 3.63) is 41.4 Å². The van der Waals surface area contributed by atoms with E-state index in [1.54, 1.807) is 38.4 Å².